The van der Waals surface area contributed by atoms with Crippen LogP contribution in [0, 0.1) is 0 Å². The van der Waals surface area contributed by atoms with Crippen LogP contribution in [0.5, 0.6) is 0 Å². The lowest BCUT2D eigenvalue weighted by atomic mass is 9.97. The van der Waals surface area contributed by atoms with Crippen LogP contribution >= 0.6 is 11.3 Å². The first kappa shape index (κ1) is 14.3. The monoisotopic (exact) mass is 301 g/mol. The molecule has 1 unspecified atom stereocenters. The highest BCUT2D eigenvalue weighted by Crippen LogP contribution is 2.33. The van der Waals surface area contributed by atoms with Gasteiger partial charge in [-0.05, 0) is 42.2 Å². The second kappa shape index (κ2) is 5.62. The summed E-state index contributed by atoms with van der Waals surface area (Å²) in [6, 6.07) is 9.98. The molecule has 1 atom stereocenters. The van der Waals surface area contributed by atoms with Crippen LogP contribution in [0.1, 0.15) is 40.3 Å². The number of nitrogens with zero attached hydrogens (tertiary/aromatic N) is 1. The number of fused-ring (bicyclic) bond motifs is 1. The second-order valence-electron chi connectivity index (χ2n) is 5.40. The third-order valence-corrected chi connectivity index (χ3v) is 5.35. The molecule has 2 heterocycles. The maximum Gasteiger partial charge on any atom is 0.227 e. The fourth-order valence-electron chi connectivity index (χ4n) is 2.74. The average molecular weight is 301 g/mol. The first-order valence-electron chi connectivity index (χ1n) is 7.26. The molecule has 1 amide bonds. The number of benzene rings is 1. The molecule has 0 saturated carbocycles. The zero-order valence-corrected chi connectivity index (χ0v) is 13.1. The number of amides is 1. The summed E-state index contributed by atoms with van der Waals surface area (Å²) < 4.78 is 0. The zero-order valence-electron chi connectivity index (χ0n) is 12.3. The molecule has 1 aromatic carbocycles. The minimum Gasteiger partial charge on any atom is -0.383 e. The van der Waals surface area contributed by atoms with Crippen LogP contribution in [0.15, 0.2) is 30.3 Å². The molecule has 1 aliphatic heterocycles. The summed E-state index contributed by atoms with van der Waals surface area (Å²) in [5.74, 6) is 0.154. The molecule has 3 rings (SSSR count). The number of aliphatic hydroxyl groups is 1. The van der Waals surface area contributed by atoms with Crippen LogP contribution in [0.25, 0.3) is 0 Å². The molecule has 1 aliphatic rings. The lowest BCUT2D eigenvalue weighted by Gasteiger charge is -2.26. The van der Waals surface area contributed by atoms with Crippen LogP contribution < -0.4 is 4.90 Å². The summed E-state index contributed by atoms with van der Waals surface area (Å²) in [5.41, 5.74) is 3.00. The molecular weight excluding hydrogens is 282 g/mol. The summed E-state index contributed by atoms with van der Waals surface area (Å²) in [4.78, 5) is 15.7. The van der Waals surface area contributed by atoms with Crippen molar-refractivity contribution in [1.82, 2.24) is 0 Å². The average Bonchev–Trinajstić information content (AvgIpc) is 2.99. The maximum atomic E-state index is 11.7. The Morgan fingerprint density at radius 2 is 2.10 bits per heavy atom. The van der Waals surface area contributed by atoms with Gasteiger partial charge in [-0.2, -0.15) is 0 Å². The minimum atomic E-state index is -0.580. The predicted octanol–water partition coefficient (Wildman–Crippen LogP) is 3.30. The normalized spacial score (nSPS) is 16.0. The summed E-state index contributed by atoms with van der Waals surface area (Å²) in [6.45, 7) is 2.12. The number of anilines is 1. The summed E-state index contributed by atoms with van der Waals surface area (Å²) in [6.07, 6.45) is 1.71. The van der Waals surface area contributed by atoms with Crippen LogP contribution in [-0.4, -0.2) is 18.1 Å². The van der Waals surface area contributed by atoms with Crippen molar-refractivity contribution >= 4 is 22.9 Å². The van der Waals surface area contributed by atoms with E-state index in [2.05, 4.69) is 13.0 Å². The minimum absolute atomic E-state index is 0.154. The van der Waals surface area contributed by atoms with Gasteiger partial charge in [0.1, 0.15) is 6.10 Å². The smallest absolute Gasteiger partial charge is 0.227 e. The number of hydrogen-bond donors (Lipinski definition) is 1. The second-order valence-corrected chi connectivity index (χ2v) is 6.60. The van der Waals surface area contributed by atoms with Crippen molar-refractivity contribution in [3.8, 4) is 0 Å². The van der Waals surface area contributed by atoms with Gasteiger partial charge in [0, 0.05) is 28.9 Å². The summed E-state index contributed by atoms with van der Waals surface area (Å²) >= 11 is 1.66. The van der Waals surface area contributed by atoms with Crippen LogP contribution in [0.3, 0.4) is 0 Å². The third kappa shape index (κ3) is 2.61. The van der Waals surface area contributed by atoms with Gasteiger partial charge in [-0.1, -0.05) is 19.1 Å². The molecule has 3 nitrogen and oxygen atoms in total. The lowest BCUT2D eigenvalue weighted by molar-refractivity contribution is -0.118. The Labute approximate surface area is 128 Å². The molecule has 2 aromatic rings. The fraction of sp³-hybridized carbons (Fsp3) is 0.353. The zero-order chi connectivity index (χ0) is 15.0. The highest BCUT2D eigenvalue weighted by Gasteiger charge is 2.22. The Bertz CT molecular complexity index is 677. The molecule has 4 heteroatoms. The maximum absolute atomic E-state index is 11.7. The van der Waals surface area contributed by atoms with Gasteiger partial charge in [-0.15, -0.1) is 11.3 Å². The number of carbonyl (C=O) groups excluding carboxylic acids is 1. The van der Waals surface area contributed by atoms with E-state index in [1.165, 1.54) is 4.88 Å². The van der Waals surface area contributed by atoms with Crippen LogP contribution in [-0.2, 0) is 17.6 Å². The Balaban J connectivity index is 1.91. The van der Waals surface area contributed by atoms with Crippen molar-refractivity contribution in [2.75, 3.05) is 11.9 Å². The van der Waals surface area contributed by atoms with Crippen molar-refractivity contribution in [2.24, 2.45) is 0 Å². The predicted molar refractivity (Wildman–Crippen MR) is 85.9 cm³/mol. The molecule has 21 heavy (non-hydrogen) atoms. The third-order valence-electron chi connectivity index (χ3n) is 4.06. The highest BCUT2D eigenvalue weighted by molar-refractivity contribution is 7.12. The molecule has 0 saturated heterocycles. The van der Waals surface area contributed by atoms with Gasteiger partial charge < -0.3 is 10.0 Å². The number of thiophene rings is 1. The highest BCUT2D eigenvalue weighted by atomic mass is 32.1. The number of rotatable bonds is 3. The molecule has 0 bridgehead atoms. The number of carbonyl (C=O) groups is 1. The van der Waals surface area contributed by atoms with Crippen molar-refractivity contribution < 1.29 is 9.90 Å². The first-order valence-corrected chi connectivity index (χ1v) is 8.08. The molecule has 0 aliphatic carbocycles. The summed E-state index contributed by atoms with van der Waals surface area (Å²) in [5, 5.41) is 10.6. The van der Waals surface area contributed by atoms with Crippen molar-refractivity contribution in [1.29, 1.82) is 0 Å². The molecule has 1 aromatic heterocycles. The van der Waals surface area contributed by atoms with Crippen molar-refractivity contribution in [3.63, 3.8) is 0 Å². The standard InChI is InChI=1S/C17H19NO2S/c1-3-13-6-8-15(21-13)17(20)12-4-7-14-11(10-12)5-9-16(19)18(14)2/h4,6-8,10,17,20H,3,5,9H2,1-2H3. The largest absolute Gasteiger partial charge is 0.383 e. The molecule has 110 valence electrons. The molecular formula is C17H19NO2S. The van der Waals surface area contributed by atoms with Crippen molar-refractivity contribution in [3.05, 3.63) is 51.2 Å². The number of aryl methyl sites for hydroxylation is 2. The molecule has 1 N–H and O–H groups in total. The van der Waals surface area contributed by atoms with E-state index in [4.69, 9.17) is 0 Å². The quantitative estimate of drug-likeness (QED) is 0.945. The van der Waals surface area contributed by atoms with Gasteiger partial charge in [0.2, 0.25) is 5.91 Å². The van der Waals surface area contributed by atoms with Gasteiger partial charge >= 0.3 is 0 Å². The van der Waals surface area contributed by atoms with E-state index in [0.717, 1.165) is 34.5 Å². The summed E-state index contributed by atoms with van der Waals surface area (Å²) in [7, 11) is 1.81. The SMILES string of the molecule is CCc1ccc(C(O)c2ccc3c(c2)CCC(=O)N3C)s1. The van der Waals surface area contributed by atoms with E-state index in [9.17, 15) is 9.90 Å². The Morgan fingerprint density at radius 3 is 2.81 bits per heavy atom. The van der Waals surface area contributed by atoms with E-state index >= 15 is 0 Å². The Kier molecular flexibility index (Phi) is 3.83. The van der Waals surface area contributed by atoms with Gasteiger partial charge in [0.05, 0.1) is 0 Å². The van der Waals surface area contributed by atoms with E-state index in [0.29, 0.717) is 6.42 Å². The number of hydrogen-bond acceptors (Lipinski definition) is 3. The van der Waals surface area contributed by atoms with Gasteiger partial charge in [-0.25, -0.2) is 0 Å². The van der Waals surface area contributed by atoms with E-state index in [-0.39, 0.29) is 5.91 Å². The van der Waals surface area contributed by atoms with Gasteiger partial charge in [-0.3, -0.25) is 4.79 Å². The van der Waals surface area contributed by atoms with E-state index in [1.54, 1.807) is 16.2 Å². The van der Waals surface area contributed by atoms with Crippen molar-refractivity contribution in [2.45, 2.75) is 32.3 Å². The topological polar surface area (TPSA) is 40.5 Å². The van der Waals surface area contributed by atoms with Crippen LogP contribution in [0.4, 0.5) is 5.69 Å². The van der Waals surface area contributed by atoms with Gasteiger partial charge in [0.25, 0.3) is 0 Å². The van der Waals surface area contributed by atoms with E-state index in [1.807, 2.05) is 31.3 Å². The van der Waals surface area contributed by atoms with Gasteiger partial charge in [0.15, 0.2) is 0 Å². The first-order chi connectivity index (χ1) is 10.1. The molecule has 0 fully saturated rings. The van der Waals surface area contributed by atoms with Crippen LogP contribution in [0.2, 0.25) is 0 Å². The fourth-order valence-corrected chi connectivity index (χ4v) is 3.71. The molecule has 0 radical (unpaired) electrons. The Hall–Kier alpha value is -1.65. The molecule has 0 spiro atoms. The lowest BCUT2D eigenvalue weighted by Crippen LogP contribution is -2.31. The van der Waals surface area contributed by atoms with E-state index < -0.39 is 6.10 Å². The number of aliphatic hydroxyl groups excluding tert-OH is 1. The Morgan fingerprint density at radius 1 is 1.29 bits per heavy atom.